The van der Waals surface area contributed by atoms with Gasteiger partial charge in [-0.1, -0.05) is 29.3 Å². The van der Waals surface area contributed by atoms with Crippen molar-refractivity contribution in [1.82, 2.24) is 0 Å². The van der Waals surface area contributed by atoms with Crippen LogP contribution >= 0.6 is 23.2 Å². The average molecular weight is 205 g/mol. The van der Waals surface area contributed by atoms with Gasteiger partial charge in [-0.25, -0.2) is 0 Å². The van der Waals surface area contributed by atoms with Gasteiger partial charge < -0.3 is 5.11 Å². The molecule has 1 nitrogen and oxygen atoms in total. The van der Waals surface area contributed by atoms with Crippen molar-refractivity contribution >= 4 is 23.2 Å². The number of benzene rings is 1. The fourth-order valence-electron chi connectivity index (χ4n) is 1.08. The largest absolute Gasteiger partial charge is 0.392 e. The molecule has 0 aromatic heterocycles. The van der Waals surface area contributed by atoms with Crippen LogP contribution in [0.15, 0.2) is 6.07 Å². The van der Waals surface area contributed by atoms with E-state index in [4.69, 9.17) is 28.3 Å². The Balaban J connectivity index is 3.39. The Morgan fingerprint density at radius 1 is 1.25 bits per heavy atom. The maximum Gasteiger partial charge on any atom is 0.0685 e. The van der Waals surface area contributed by atoms with Crippen molar-refractivity contribution in [2.45, 2.75) is 20.5 Å². The van der Waals surface area contributed by atoms with Gasteiger partial charge in [0.25, 0.3) is 0 Å². The molecule has 1 aromatic rings. The molecule has 0 saturated heterocycles. The topological polar surface area (TPSA) is 20.2 Å². The number of rotatable bonds is 1. The van der Waals surface area contributed by atoms with Crippen LogP contribution in [-0.2, 0) is 6.61 Å². The van der Waals surface area contributed by atoms with E-state index in [-0.39, 0.29) is 6.61 Å². The number of halogens is 2. The second-order valence-electron chi connectivity index (χ2n) is 2.76. The summed E-state index contributed by atoms with van der Waals surface area (Å²) in [4.78, 5) is 0. The normalized spacial score (nSPS) is 10.4. The smallest absolute Gasteiger partial charge is 0.0685 e. The van der Waals surface area contributed by atoms with E-state index >= 15 is 0 Å². The molecule has 0 bridgehead atoms. The molecular formula is C9H10Cl2O. The first-order valence-electron chi connectivity index (χ1n) is 3.63. The first-order chi connectivity index (χ1) is 5.57. The summed E-state index contributed by atoms with van der Waals surface area (Å²) in [6, 6.07) is 1.85. The number of aliphatic hydroxyl groups is 1. The van der Waals surface area contributed by atoms with E-state index in [0.717, 1.165) is 16.7 Å². The highest BCUT2D eigenvalue weighted by Crippen LogP contribution is 2.31. The Hall–Kier alpha value is -0.240. The zero-order valence-corrected chi connectivity index (χ0v) is 8.50. The van der Waals surface area contributed by atoms with E-state index in [2.05, 4.69) is 0 Å². The van der Waals surface area contributed by atoms with Gasteiger partial charge in [-0.15, -0.1) is 0 Å². The highest BCUT2D eigenvalue weighted by atomic mass is 35.5. The molecule has 0 aliphatic carbocycles. The first kappa shape index (κ1) is 9.85. The predicted octanol–water partition coefficient (Wildman–Crippen LogP) is 3.10. The molecule has 0 spiro atoms. The lowest BCUT2D eigenvalue weighted by Crippen LogP contribution is -1.92. The average Bonchev–Trinajstić information content (AvgIpc) is 2.08. The summed E-state index contributed by atoms with van der Waals surface area (Å²) in [6.45, 7) is 3.72. The Kier molecular flexibility index (Phi) is 2.99. The van der Waals surface area contributed by atoms with Crippen molar-refractivity contribution < 1.29 is 5.11 Å². The molecule has 0 aliphatic rings. The van der Waals surface area contributed by atoms with E-state index in [0.29, 0.717) is 10.0 Å². The lowest BCUT2D eigenvalue weighted by Gasteiger charge is -2.08. The van der Waals surface area contributed by atoms with Crippen LogP contribution in [0.4, 0.5) is 0 Å². The van der Waals surface area contributed by atoms with Crippen molar-refractivity contribution in [2.24, 2.45) is 0 Å². The molecular weight excluding hydrogens is 195 g/mol. The minimum absolute atomic E-state index is 0.00353. The van der Waals surface area contributed by atoms with Gasteiger partial charge in [0.15, 0.2) is 0 Å². The summed E-state index contributed by atoms with van der Waals surface area (Å²) < 4.78 is 0. The van der Waals surface area contributed by atoms with Crippen LogP contribution < -0.4 is 0 Å². The molecule has 0 heterocycles. The van der Waals surface area contributed by atoms with Gasteiger partial charge in [-0.05, 0) is 30.5 Å². The van der Waals surface area contributed by atoms with Crippen molar-refractivity contribution in [3.05, 3.63) is 32.8 Å². The molecule has 0 fully saturated rings. The van der Waals surface area contributed by atoms with Crippen LogP contribution in [0.25, 0.3) is 0 Å². The summed E-state index contributed by atoms with van der Waals surface area (Å²) in [5, 5.41) is 10.1. The lowest BCUT2D eigenvalue weighted by molar-refractivity contribution is 0.281. The molecule has 0 saturated carbocycles. The van der Waals surface area contributed by atoms with Crippen LogP contribution in [0.1, 0.15) is 16.7 Å². The Morgan fingerprint density at radius 2 is 1.83 bits per heavy atom. The standard InChI is InChI=1S/C9H10Cl2O/c1-5-3-7(4-12)6(2)9(11)8(5)10/h3,12H,4H2,1-2H3. The summed E-state index contributed by atoms with van der Waals surface area (Å²) in [5.41, 5.74) is 2.59. The van der Waals surface area contributed by atoms with Gasteiger partial charge >= 0.3 is 0 Å². The molecule has 1 N–H and O–H groups in total. The van der Waals surface area contributed by atoms with Crippen molar-refractivity contribution in [3.8, 4) is 0 Å². The van der Waals surface area contributed by atoms with Crippen molar-refractivity contribution in [1.29, 1.82) is 0 Å². The molecule has 0 atom stereocenters. The van der Waals surface area contributed by atoms with Crippen molar-refractivity contribution in [3.63, 3.8) is 0 Å². The molecule has 12 heavy (non-hydrogen) atoms. The van der Waals surface area contributed by atoms with Crippen LogP contribution in [0.5, 0.6) is 0 Å². The molecule has 0 aliphatic heterocycles. The third-order valence-corrected chi connectivity index (χ3v) is 2.97. The summed E-state index contributed by atoms with van der Waals surface area (Å²) in [5.74, 6) is 0. The Morgan fingerprint density at radius 3 is 2.33 bits per heavy atom. The zero-order valence-electron chi connectivity index (χ0n) is 6.99. The van der Waals surface area contributed by atoms with E-state index < -0.39 is 0 Å². The SMILES string of the molecule is Cc1cc(CO)c(C)c(Cl)c1Cl. The fraction of sp³-hybridized carbons (Fsp3) is 0.333. The number of hydrogen-bond acceptors (Lipinski definition) is 1. The highest BCUT2D eigenvalue weighted by Gasteiger charge is 2.08. The van der Waals surface area contributed by atoms with E-state index in [1.807, 2.05) is 19.9 Å². The Bertz CT molecular complexity index is 308. The summed E-state index contributed by atoms with van der Waals surface area (Å²) >= 11 is 11.8. The maximum atomic E-state index is 8.96. The molecule has 3 heteroatoms. The van der Waals surface area contributed by atoms with Gasteiger partial charge in [-0.2, -0.15) is 0 Å². The maximum absolute atomic E-state index is 8.96. The monoisotopic (exact) mass is 204 g/mol. The molecule has 1 rings (SSSR count). The van der Waals surface area contributed by atoms with Crippen LogP contribution in [-0.4, -0.2) is 5.11 Å². The second kappa shape index (κ2) is 3.65. The quantitative estimate of drug-likeness (QED) is 0.746. The van der Waals surface area contributed by atoms with Crippen molar-refractivity contribution in [2.75, 3.05) is 0 Å². The van der Waals surface area contributed by atoms with Crippen LogP contribution in [0.3, 0.4) is 0 Å². The third-order valence-electron chi connectivity index (χ3n) is 1.91. The van der Waals surface area contributed by atoms with E-state index in [1.165, 1.54) is 0 Å². The first-order valence-corrected chi connectivity index (χ1v) is 4.38. The van der Waals surface area contributed by atoms with Gasteiger partial charge in [0.2, 0.25) is 0 Å². The number of aryl methyl sites for hydroxylation is 1. The molecule has 0 unspecified atom stereocenters. The van der Waals surface area contributed by atoms with Crippen LogP contribution in [0.2, 0.25) is 10.0 Å². The van der Waals surface area contributed by atoms with Crippen LogP contribution in [0, 0.1) is 13.8 Å². The minimum atomic E-state index is 0.00353. The van der Waals surface area contributed by atoms with Gasteiger partial charge in [0, 0.05) is 0 Å². The van der Waals surface area contributed by atoms with E-state index in [9.17, 15) is 0 Å². The zero-order chi connectivity index (χ0) is 9.30. The molecule has 1 aromatic carbocycles. The molecule has 0 amide bonds. The summed E-state index contributed by atoms with van der Waals surface area (Å²) in [6.07, 6.45) is 0. The second-order valence-corrected chi connectivity index (χ2v) is 3.52. The lowest BCUT2D eigenvalue weighted by atomic mass is 10.1. The van der Waals surface area contributed by atoms with Gasteiger partial charge in [-0.3, -0.25) is 0 Å². The van der Waals surface area contributed by atoms with E-state index in [1.54, 1.807) is 0 Å². The number of aliphatic hydroxyl groups excluding tert-OH is 1. The highest BCUT2D eigenvalue weighted by molar-refractivity contribution is 6.43. The van der Waals surface area contributed by atoms with Gasteiger partial charge in [0.05, 0.1) is 16.7 Å². The Labute approximate surface area is 81.9 Å². The predicted molar refractivity (Wildman–Crippen MR) is 51.9 cm³/mol. The third kappa shape index (κ3) is 1.58. The molecule has 66 valence electrons. The minimum Gasteiger partial charge on any atom is -0.392 e. The number of hydrogen-bond donors (Lipinski definition) is 1. The summed E-state index contributed by atoms with van der Waals surface area (Å²) in [7, 11) is 0. The fourth-order valence-corrected chi connectivity index (χ4v) is 1.54. The molecule has 0 radical (unpaired) electrons. The van der Waals surface area contributed by atoms with Gasteiger partial charge in [0.1, 0.15) is 0 Å².